The number of nitrogens with one attached hydrogen (secondary N) is 1. The number of hydrogen-bond acceptors (Lipinski definition) is 5. The van der Waals surface area contributed by atoms with E-state index in [2.05, 4.69) is 21.2 Å². The minimum Gasteiger partial charge on any atom is -0.491 e. The molecule has 1 saturated heterocycles. The molecule has 1 N–H and O–H groups in total. The van der Waals surface area contributed by atoms with Crippen molar-refractivity contribution in [2.75, 3.05) is 38.9 Å². The van der Waals surface area contributed by atoms with Crippen molar-refractivity contribution in [1.82, 2.24) is 0 Å². The summed E-state index contributed by atoms with van der Waals surface area (Å²) in [5.41, 5.74) is 1.09. The van der Waals surface area contributed by atoms with E-state index >= 15 is 0 Å². The first kappa shape index (κ1) is 20.6. The number of rotatable bonds is 9. The topological polar surface area (TPSA) is 66.0 Å². The molecule has 1 amide bonds. The number of carbonyl (C=O) groups excluding carboxylic acids is 1. The lowest BCUT2D eigenvalue weighted by atomic mass is 10.2. The maximum atomic E-state index is 12.8. The molecule has 1 aliphatic rings. The van der Waals surface area contributed by atoms with Gasteiger partial charge < -0.3 is 24.3 Å². The van der Waals surface area contributed by atoms with E-state index in [9.17, 15) is 4.79 Å². The van der Waals surface area contributed by atoms with Crippen LogP contribution in [-0.2, 0) is 9.47 Å². The number of ether oxygens (including phenoxy) is 4. The number of methoxy groups -OCH3 is 1. The lowest BCUT2D eigenvalue weighted by molar-refractivity contribution is 0.0680. The highest BCUT2D eigenvalue weighted by Crippen LogP contribution is 2.25. The first-order valence-electron chi connectivity index (χ1n) is 9.23. The fraction of sp³-hybridized carbons (Fsp3) is 0.381. The maximum Gasteiger partial charge on any atom is 0.259 e. The molecule has 0 radical (unpaired) electrons. The molecule has 1 heterocycles. The highest BCUT2D eigenvalue weighted by Gasteiger charge is 2.17. The molecule has 6 nitrogen and oxygen atoms in total. The molecule has 28 heavy (non-hydrogen) atoms. The van der Waals surface area contributed by atoms with E-state index < -0.39 is 0 Å². The number of benzene rings is 2. The van der Waals surface area contributed by atoms with Crippen molar-refractivity contribution < 1.29 is 23.7 Å². The van der Waals surface area contributed by atoms with Gasteiger partial charge in [-0.15, -0.1) is 0 Å². The lowest BCUT2D eigenvalue weighted by Crippen LogP contribution is -2.17. The van der Waals surface area contributed by atoms with Crippen LogP contribution in [0.1, 0.15) is 23.2 Å². The summed E-state index contributed by atoms with van der Waals surface area (Å²) in [5, 5.41) is 2.90. The Bertz CT molecular complexity index is 792. The van der Waals surface area contributed by atoms with Crippen LogP contribution in [0.3, 0.4) is 0 Å². The van der Waals surface area contributed by atoms with Crippen LogP contribution in [0.5, 0.6) is 11.5 Å². The van der Waals surface area contributed by atoms with Crippen LogP contribution >= 0.6 is 15.9 Å². The molecule has 0 saturated carbocycles. The average molecular weight is 450 g/mol. The molecule has 0 aliphatic carbocycles. The molecule has 2 aromatic carbocycles. The third kappa shape index (κ3) is 5.95. The van der Waals surface area contributed by atoms with Crippen molar-refractivity contribution in [3.63, 3.8) is 0 Å². The summed E-state index contributed by atoms with van der Waals surface area (Å²) in [7, 11) is 1.60. The molecule has 3 rings (SSSR count). The fourth-order valence-corrected chi connectivity index (χ4v) is 3.23. The summed E-state index contributed by atoms with van der Waals surface area (Å²) < 4.78 is 22.8. The quantitative estimate of drug-likeness (QED) is 0.578. The van der Waals surface area contributed by atoms with Gasteiger partial charge in [-0.1, -0.05) is 22.0 Å². The van der Waals surface area contributed by atoms with Gasteiger partial charge in [-0.3, -0.25) is 4.79 Å². The van der Waals surface area contributed by atoms with Crippen LogP contribution in [0, 0.1) is 0 Å². The number of halogens is 1. The number of amides is 1. The summed E-state index contributed by atoms with van der Waals surface area (Å²) in [5.74, 6) is 0.938. The molecule has 7 heteroatoms. The molecule has 2 aromatic rings. The Balaban J connectivity index is 1.65. The van der Waals surface area contributed by atoms with Crippen molar-refractivity contribution in [1.29, 1.82) is 0 Å². The first-order valence-corrected chi connectivity index (χ1v) is 10.0. The normalized spacial score (nSPS) is 16.0. The Morgan fingerprint density at radius 2 is 2.11 bits per heavy atom. The molecule has 1 fully saturated rings. The monoisotopic (exact) mass is 449 g/mol. The molecule has 0 aromatic heterocycles. The smallest absolute Gasteiger partial charge is 0.259 e. The number of hydrogen-bond donors (Lipinski definition) is 1. The summed E-state index contributed by atoms with van der Waals surface area (Å²) in [6, 6.07) is 12.7. The van der Waals surface area contributed by atoms with Crippen LogP contribution in [0.15, 0.2) is 46.9 Å². The van der Waals surface area contributed by atoms with Crippen molar-refractivity contribution >= 4 is 27.5 Å². The summed E-state index contributed by atoms with van der Waals surface area (Å²) in [4.78, 5) is 12.8. The maximum absolute atomic E-state index is 12.8. The van der Waals surface area contributed by atoms with Crippen molar-refractivity contribution in [3.05, 3.63) is 52.5 Å². The Kier molecular flexibility index (Phi) is 7.71. The van der Waals surface area contributed by atoms with Crippen molar-refractivity contribution in [2.45, 2.75) is 18.9 Å². The minimum absolute atomic E-state index is 0.145. The van der Waals surface area contributed by atoms with E-state index in [1.165, 1.54) is 0 Å². The van der Waals surface area contributed by atoms with Gasteiger partial charge in [0.05, 0.1) is 18.3 Å². The van der Waals surface area contributed by atoms with Crippen molar-refractivity contribution in [2.24, 2.45) is 0 Å². The Morgan fingerprint density at radius 1 is 1.21 bits per heavy atom. The molecule has 150 valence electrons. The second-order valence-corrected chi connectivity index (χ2v) is 7.33. The van der Waals surface area contributed by atoms with E-state index in [-0.39, 0.29) is 12.0 Å². The van der Waals surface area contributed by atoms with E-state index in [1.54, 1.807) is 25.3 Å². The van der Waals surface area contributed by atoms with Crippen LogP contribution in [0.2, 0.25) is 0 Å². The molecule has 1 atom stereocenters. The van der Waals surface area contributed by atoms with Crippen molar-refractivity contribution in [3.8, 4) is 11.5 Å². The Morgan fingerprint density at radius 3 is 2.89 bits per heavy atom. The highest BCUT2D eigenvalue weighted by molar-refractivity contribution is 9.10. The predicted octanol–water partition coefficient (Wildman–Crippen LogP) is 4.28. The van der Waals surface area contributed by atoms with Gasteiger partial charge in [-0.2, -0.15) is 0 Å². The Labute approximate surface area is 173 Å². The van der Waals surface area contributed by atoms with Gasteiger partial charge in [0.2, 0.25) is 0 Å². The molecule has 0 bridgehead atoms. The van der Waals surface area contributed by atoms with Crippen LogP contribution in [0.4, 0.5) is 5.69 Å². The minimum atomic E-state index is -0.259. The van der Waals surface area contributed by atoms with Crippen LogP contribution in [-0.4, -0.2) is 45.5 Å². The average Bonchev–Trinajstić information content (AvgIpc) is 3.21. The van der Waals surface area contributed by atoms with Crippen LogP contribution in [0.25, 0.3) is 0 Å². The third-order valence-electron chi connectivity index (χ3n) is 4.28. The predicted molar refractivity (Wildman–Crippen MR) is 110 cm³/mol. The molecular formula is C21H24BrNO5. The lowest BCUT2D eigenvalue weighted by Gasteiger charge is -2.14. The Hall–Kier alpha value is -2.09. The zero-order valence-electron chi connectivity index (χ0n) is 15.8. The van der Waals surface area contributed by atoms with Gasteiger partial charge in [0, 0.05) is 29.9 Å². The van der Waals surface area contributed by atoms with Crippen LogP contribution < -0.4 is 14.8 Å². The highest BCUT2D eigenvalue weighted by atomic mass is 79.9. The van der Waals surface area contributed by atoms with E-state index in [4.69, 9.17) is 18.9 Å². The van der Waals surface area contributed by atoms with E-state index in [1.807, 2.05) is 24.3 Å². The molecule has 1 aliphatic heterocycles. The summed E-state index contributed by atoms with van der Waals surface area (Å²) in [6.07, 6.45) is 2.24. The van der Waals surface area contributed by atoms with Gasteiger partial charge in [0.15, 0.2) is 0 Å². The SMILES string of the molecule is COCCOc1ccc(Br)cc1C(=O)Nc1cccc(OCC2CCCO2)c1. The third-order valence-corrected chi connectivity index (χ3v) is 4.78. The van der Waals surface area contributed by atoms with E-state index in [0.717, 1.165) is 23.9 Å². The molecular weight excluding hydrogens is 426 g/mol. The summed E-state index contributed by atoms with van der Waals surface area (Å²) >= 11 is 3.40. The second-order valence-electron chi connectivity index (χ2n) is 6.41. The zero-order chi connectivity index (χ0) is 19.8. The van der Waals surface area contributed by atoms with E-state index in [0.29, 0.717) is 42.6 Å². The zero-order valence-corrected chi connectivity index (χ0v) is 17.4. The van der Waals surface area contributed by atoms with Gasteiger partial charge in [0.1, 0.15) is 24.7 Å². The van der Waals surface area contributed by atoms with Gasteiger partial charge in [0.25, 0.3) is 5.91 Å². The summed E-state index contributed by atoms with van der Waals surface area (Å²) in [6.45, 7) is 2.12. The standard InChI is InChI=1S/C21H24BrNO5/c1-25-10-11-27-20-8-7-15(22)12-19(20)21(24)23-16-4-2-5-17(13-16)28-14-18-6-3-9-26-18/h2,4-5,7-8,12-13,18H,3,6,9-11,14H2,1H3,(H,23,24). The number of anilines is 1. The first-order chi connectivity index (χ1) is 13.7. The van der Waals surface area contributed by atoms with Gasteiger partial charge in [-0.25, -0.2) is 0 Å². The van der Waals surface area contributed by atoms with Gasteiger partial charge >= 0.3 is 0 Å². The molecule has 1 unspecified atom stereocenters. The second kappa shape index (κ2) is 10.5. The largest absolute Gasteiger partial charge is 0.491 e. The fourth-order valence-electron chi connectivity index (χ4n) is 2.87. The number of carbonyl (C=O) groups is 1. The van der Waals surface area contributed by atoms with Gasteiger partial charge in [-0.05, 0) is 43.2 Å². The molecule has 0 spiro atoms.